The molecule has 0 aromatic carbocycles. The summed E-state index contributed by atoms with van der Waals surface area (Å²) in [5.41, 5.74) is 0. The Labute approximate surface area is 442 Å². The van der Waals surface area contributed by atoms with Crippen LogP contribution in [-0.4, -0.2) is 37.2 Å². The highest BCUT2D eigenvalue weighted by atomic mass is 16.6. The molecular formula is C65H120O6. The summed E-state index contributed by atoms with van der Waals surface area (Å²) in [5, 5.41) is 0. The summed E-state index contributed by atoms with van der Waals surface area (Å²) in [6, 6.07) is 0. The third kappa shape index (κ3) is 58.4. The molecule has 0 aliphatic heterocycles. The van der Waals surface area contributed by atoms with Gasteiger partial charge in [0.05, 0.1) is 0 Å². The maximum Gasteiger partial charge on any atom is 0.306 e. The maximum atomic E-state index is 12.9. The van der Waals surface area contributed by atoms with Crippen molar-refractivity contribution in [3.05, 3.63) is 36.5 Å². The number of ether oxygens (including phenoxy) is 3. The van der Waals surface area contributed by atoms with Crippen molar-refractivity contribution >= 4 is 17.9 Å². The van der Waals surface area contributed by atoms with Crippen LogP contribution in [0.2, 0.25) is 0 Å². The van der Waals surface area contributed by atoms with Crippen molar-refractivity contribution in [3.63, 3.8) is 0 Å². The van der Waals surface area contributed by atoms with Crippen LogP contribution in [0.3, 0.4) is 0 Å². The smallest absolute Gasteiger partial charge is 0.306 e. The average molecular weight is 998 g/mol. The van der Waals surface area contributed by atoms with Crippen LogP contribution in [0, 0.1) is 0 Å². The fourth-order valence-electron chi connectivity index (χ4n) is 9.39. The molecule has 0 spiro atoms. The van der Waals surface area contributed by atoms with Gasteiger partial charge in [0.25, 0.3) is 0 Å². The minimum Gasteiger partial charge on any atom is -0.462 e. The summed E-state index contributed by atoms with van der Waals surface area (Å²) in [6.07, 6.45) is 72.9. The summed E-state index contributed by atoms with van der Waals surface area (Å²) in [7, 11) is 0. The molecule has 6 heteroatoms. The van der Waals surface area contributed by atoms with Crippen molar-refractivity contribution in [1.29, 1.82) is 0 Å². The van der Waals surface area contributed by atoms with Crippen LogP contribution in [0.15, 0.2) is 36.5 Å². The predicted octanol–water partition coefficient (Wildman–Crippen LogP) is 21.2. The molecule has 0 aromatic heterocycles. The third-order valence-corrected chi connectivity index (χ3v) is 14.1. The van der Waals surface area contributed by atoms with E-state index in [9.17, 15) is 14.4 Å². The second-order valence-electron chi connectivity index (χ2n) is 21.3. The van der Waals surface area contributed by atoms with Gasteiger partial charge >= 0.3 is 17.9 Å². The first-order valence-electron chi connectivity index (χ1n) is 31.5. The molecule has 0 rings (SSSR count). The van der Waals surface area contributed by atoms with Crippen molar-refractivity contribution in [2.75, 3.05) is 13.2 Å². The number of carbonyl (C=O) groups is 3. The second-order valence-corrected chi connectivity index (χ2v) is 21.3. The van der Waals surface area contributed by atoms with Gasteiger partial charge in [0, 0.05) is 19.3 Å². The van der Waals surface area contributed by atoms with Gasteiger partial charge in [-0.1, -0.05) is 301 Å². The molecule has 0 fully saturated rings. The van der Waals surface area contributed by atoms with E-state index in [2.05, 4.69) is 57.2 Å². The fraction of sp³-hybridized carbons (Fsp3) is 0.862. The Balaban J connectivity index is 4.33. The van der Waals surface area contributed by atoms with Crippen molar-refractivity contribution < 1.29 is 28.6 Å². The van der Waals surface area contributed by atoms with Gasteiger partial charge in [-0.3, -0.25) is 14.4 Å². The molecule has 0 unspecified atom stereocenters. The first kappa shape index (κ1) is 68.6. The molecule has 0 heterocycles. The molecule has 0 aliphatic rings. The highest BCUT2D eigenvalue weighted by Crippen LogP contribution is 2.18. The van der Waals surface area contributed by atoms with Crippen LogP contribution >= 0.6 is 0 Å². The highest BCUT2D eigenvalue weighted by molar-refractivity contribution is 5.71. The first-order valence-corrected chi connectivity index (χ1v) is 31.5. The topological polar surface area (TPSA) is 78.9 Å². The van der Waals surface area contributed by atoms with Crippen molar-refractivity contribution in [1.82, 2.24) is 0 Å². The lowest BCUT2D eigenvalue weighted by Gasteiger charge is -2.18. The van der Waals surface area contributed by atoms with Crippen LogP contribution in [0.1, 0.15) is 342 Å². The quantitative estimate of drug-likeness (QED) is 0.0261. The van der Waals surface area contributed by atoms with E-state index in [-0.39, 0.29) is 37.5 Å². The van der Waals surface area contributed by atoms with Gasteiger partial charge in [-0.2, -0.15) is 0 Å². The number of hydrogen-bond acceptors (Lipinski definition) is 6. The van der Waals surface area contributed by atoms with E-state index < -0.39 is 6.10 Å². The van der Waals surface area contributed by atoms with Gasteiger partial charge in [-0.05, 0) is 57.8 Å². The minimum atomic E-state index is -0.788. The van der Waals surface area contributed by atoms with E-state index in [1.807, 2.05) is 0 Å². The molecule has 0 N–H and O–H groups in total. The molecule has 0 aromatic rings. The minimum absolute atomic E-state index is 0.0822. The largest absolute Gasteiger partial charge is 0.462 e. The average Bonchev–Trinajstić information content (AvgIpc) is 3.37. The molecular weight excluding hydrogens is 877 g/mol. The summed E-state index contributed by atoms with van der Waals surface area (Å²) in [5.74, 6) is -0.896. The molecule has 0 radical (unpaired) electrons. The number of hydrogen-bond donors (Lipinski definition) is 0. The Hall–Kier alpha value is -2.37. The van der Waals surface area contributed by atoms with Crippen LogP contribution in [0.4, 0.5) is 0 Å². The molecule has 6 nitrogen and oxygen atoms in total. The molecule has 0 saturated carbocycles. The Kier molecular flexibility index (Phi) is 58.2. The lowest BCUT2D eigenvalue weighted by atomic mass is 10.0. The number of carbonyl (C=O) groups excluding carboxylic acids is 3. The molecule has 0 aliphatic carbocycles. The van der Waals surface area contributed by atoms with Gasteiger partial charge < -0.3 is 14.2 Å². The molecule has 71 heavy (non-hydrogen) atoms. The Morgan fingerprint density at radius 2 is 0.507 bits per heavy atom. The molecule has 416 valence electrons. The zero-order chi connectivity index (χ0) is 51.4. The number of rotatable bonds is 58. The fourth-order valence-corrected chi connectivity index (χ4v) is 9.39. The van der Waals surface area contributed by atoms with E-state index in [4.69, 9.17) is 14.2 Å². The van der Waals surface area contributed by atoms with Crippen molar-refractivity contribution in [3.8, 4) is 0 Å². The zero-order valence-corrected chi connectivity index (χ0v) is 47.8. The molecule has 0 saturated heterocycles. The van der Waals surface area contributed by atoms with E-state index >= 15 is 0 Å². The van der Waals surface area contributed by atoms with E-state index in [0.717, 1.165) is 64.2 Å². The summed E-state index contributed by atoms with van der Waals surface area (Å²) < 4.78 is 16.9. The summed E-state index contributed by atoms with van der Waals surface area (Å²) >= 11 is 0. The van der Waals surface area contributed by atoms with Crippen LogP contribution in [0.5, 0.6) is 0 Å². The third-order valence-electron chi connectivity index (χ3n) is 14.1. The van der Waals surface area contributed by atoms with Gasteiger partial charge in [0.1, 0.15) is 13.2 Å². The van der Waals surface area contributed by atoms with Gasteiger partial charge in [-0.25, -0.2) is 0 Å². The molecule has 0 atom stereocenters. The second kappa shape index (κ2) is 60.2. The lowest BCUT2D eigenvalue weighted by Crippen LogP contribution is -2.30. The number of allylic oxidation sites excluding steroid dienone is 6. The van der Waals surface area contributed by atoms with Crippen molar-refractivity contribution in [2.24, 2.45) is 0 Å². The zero-order valence-electron chi connectivity index (χ0n) is 47.8. The van der Waals surface area contributed by atoms with Crippen LogP contribution in [0.25, 0.3) is 0 Å². The van der Waals surface area contributed by atoms with Crippen molar-refractivity contribution in [2.45, 2.75) is 348 Å². The van der Waals surface area contributed by atoms with E-state index in [1.54, 1.807) is 0 Å². The molecule has 0 bridgehead atoms. The monoisotopic (exact) mass is 997 g/mol. The van der Waals surface area contributed by atoms with E-state index in [1.165, 1.54) is 231 Å². The lowest BCUT2D eigenvalue weighted by molar-refractivity contribution is -0.167. The van der Waals surface area contributed by atoms with Gasteiger partial charge in [0.2, 0.25) is 0 Å². The Bertz CT molecular complexity index is 1130. The first-order chi connectivity index (χ1) is 35.0. The van der Waals surface area contributed by atoms with Crippen LogP contribution < -0.4 is 0 Å². The Morgan fingerprint density at radius 1 is 0.282 bits per heavy atom. The summed E-state index contributed by atoms with van der Waals surface area (Å²) in [6.45, 7) is 6.64. The Morgan fingerprint density at radius 3 is 0.817 bits per heavy atom. The summed E-state index contributed by atoms with van der Waals surface area (Å²) in [4.78, 5) is 38.3. The standard InChI is InChI=1S/C65H120O6/c1-4-7-10-13-16-19-22-25-28-30-32-34-37-39-42-45-48-51-54-57-63(66)69-60-62(71-65(68)59-56-53-50-47-44-41-36-27-24-21-18-15-12-9-6-3)61-70-64(67)58-55-52-49-46-43-40-38-35-33-31-29-26-23-20-17-14-11-8-5-2/h18,21,27,36,44,47,62H,4-17,19-20,22-26,28-35,37-43,45-46,48-61H2,1-3H3/b21-18-,36-27-,47-44-. The SMILES string of the molecule is CCCCC/C=C\C/C=C\C/C=C\CCCCC(=O)OC(COC(=O)CCCCCCCCCCCCCCCCCCCCC)COC(=O)CCCCCCCCCCCCCCCCCCCCC. The van der Waals surface area contributed by atoms with Crippen LogP contribution in [-0.2, 0) is 28.6 Å². The highest BCUT2D eigenvalue weighted by Gasteiger charge is 2.19. The van der Waals surface area contributed by atoms with Gasteiger partial charge in [0.15, 0.2) is 6.10 Å². The maximum absolute atomic E-state index is 12.9. The number of esters is 3. The molecule has 0 amide bonds. The predicted molar refractivity (Wildman–Crippen MR) is 307 cm³/mol. The normalized spacial score (nSPS) is 11.8. The van der Waals surface area contributed by atoms with E-state index in [0.29, 0.717) is 19.3 Å². The van der Waals surface area contributed by atoms with Gasteiger partial charge in [-0.15, -0.1) is 0 Å². The number of unbranched alkanes of at least 4 members (excludes halogenated alkanes) is 41.